The van der Waals surface area contributed by atoms with Crippen LogP contribution in [-0.2, 0) is 18.4 Å². The van der Waals surface area contributed by atoms with Crippen molar-refractivity contribution < 1.29 is 28.4 Å². The van der Waals surface area contributed by atoms with Gasteiger partial charge in [0.25, 0.3) is 0 Å². The predicted octanol–water partition coefficient (Wildman–Crippen LogP) is 12.4. The molecule has 1 amide bonds. The fourth-order valence-corrected chi connectivity index (χ4v) is 6.38. The molecule has 3 atom stereocenters. The van der Waals surface area contributed by atoms with Crippen molar-refractivity contribution in [1.82, 2.24) is 5.32 Å². The Bertz CT molecular complexity index is 1190. The van der Waals surface area contributed by atoms with Gasteiger partial charge in [-0.1, -0.05) is 169 Å². The Morgan fingerprint density at radius 3 is 1.59 bits per heavy atom. The number of phosphoric acid groups is 1. The summed E-state index contributed by atoms with van der Waals surface area (Å²) in [5, 5.41) is 13.6. The van der Waals surface area contributed by atoms with Crippen LogP contribution in [0.3, 0.4) is 0 Å². The number of amides is 1. The molecule has 0 heterocycles. The van der Waals surface area contributed by atoms with Crippen LogP contribution in [0, 0.1) is 0 Å². The number of allylic oxidation sites excluding steroid dienone is 15. The third-order valence-corrected chi connectivity index (χ3v) is 9.88. The van der Waals surface area contributed by atoms with E-state index in [4.69, 9.17) is 14.8 Å². The van der Waals surface area contributed by atoms with Gasteiger partial charge >= 0.3 is 7.82 Å². The highest BCUT2D eigenvalue weighted by Gasteiger charge is 2.26. The second kappa shape index (κ2) is 42.0. The summed E-state index contributed by atoms with van der Waals surface area (Å²) in [5.41, 5.74) is 5.37. The highest BCUT2D eigenvalue weighted by molar-refractivity contribution is 7.47. The van der Waals surface area contributed by atoms with Crippen molar-refractivity contribution in [3.05, 3.63) is 97.2 Å². The SMILES string of the molecule is CC/C=C\C/C=C\C/C=C\C/C=C\C/C=C\C/C=C\CCCCC(=O)NC(COP(=O)(O)OCCN)C(O)/C=C/CC/C=C/CCCCCCCCCCCC. The van der Waals surface area contributed by atoms with Crippen LogP contribution in [0.2, 0.25) is 0 Å². The molecule has 0 saturated heterocycles. The lowest BCUT2D eigenvalue weighted by Crippen LogP contribution is -2.45. The maximum absolute atomic E-state index is 12.7. The summed E-state index contributed by atoms with van der Waals surface area (Å²) in [6, 6.07) is -0.907. The molecule has 0 saturated carbocycles. The fraction of sp³-hybridized carbons (Fsp3) is 0.638. The monoisotopic (exact) mass is 801 g/mol. The van der Waals surface area contributed by atoms with Gasteiger partial charge in [-0.2, -0.15) is 0 Å². The van der Waals surface area contributed by atoms with E-state index in [1.807, 2.05) is 6.08 Å². The van der Waals surface area contributed by atoms with Crippen molar-refractivity contribution in [3.8, 4) is 0 Å². The quantitative estimate of drug-likeness (QED) is 0.0276. The van der Waals surface area contributed by atoms with Gasteiger partial charge in [0, 0.05) is 13.0 Å². The molecule has 8 nitrogen and oxygen atoms in total. The first-order chi connectivity index (χ1) is 27.4. The van der Waals surface area contributed by atoms with Crippen LogP contribution in [0.15, 0.2) is 97.2 Å². The van der Waals surface area contributed by atoms with Crippen molar-refractivity contribution in [1.29, 1.82) is 0 Å². The summed E-state index contributed by atoms with van der Waals surface area (Å²) >= 11 is 0. The van der Waals surface area contributed by atoms with Crippen molar-refractivity contribution in [3.63, 3.8) is 0 Å². The summed E-state index contributed by atoms with van der Waals surface area (Å²) in [4.78, 5) is 22.7. The van der Waals surface area contributed by atoms with Crippen molar-refractivity contribution in [2.45, 2.75) is 174 Å². The number of phosphoric ester groups is 1. The van der Waals surface area contributed by atoms with Crippen LogP contribution in [-0.4, -0.2) is 47.8 Å². The van der Waals surface area contributed by atoms with E-state index in [2.05, 4.69) is 104 Å². The Morgan fingerprint density at radius 2 is 1.05 bits per heavy atom. The van der Waals surface area contributed by atoms with Crippen LogP contribution in [0.25, 0.3) is 0 Å². The van der Waals surface area contributed by atoms with E-state index in [1.54, 1.807) is 6.08 Å². The average Bonchev–Trinajstić information content (AvgIpc) is 3.19. The van der Waals surface area contributed by atoms with Gasteiger partial charge in [0.15, 0.2) is 0 Å². The van der Waals surface area contributed by atoms with E-state index in [9.17, 15) is 19.4 Å². The number of hydrogen-bond donors (Lipinski definition) is 4. The minimum Gasteiger partial charge on any atom is -0.387 e. The largest absolute Gasteiger partial charge is 0.472 e. The molecule has 0 bridgehead atoms. The van der Waals surface area contributed by atoms with E-state index in [-0.39, 0.29) is 32.1 Å². The lowest BCUT2D eigenvalue weighted by atomic mass is 10.1. The number of nitrogens with one attached hydrogen (secondary N) is 1. The van der Waals surface area contributed by atoms with Gasteiger partial charge in [-0.3, -0.25) is 13.8 Å². The van der Waals surface area contributed by atoms with Crippen LogP contribution in [0.5, 0.6) is 0 Å². The Labute approximate surface area is 342 Å². The Balaban J connectivity index is 4.39. The second-order valence-corrected chi connectivity index (χ2v) is 15.6. The first kappa shape index (κ1) is 53.4. The number of nitrogens with two attached hydrogens (primary N) is 1. The lowest BCUT2D eigenvalue weighted by molar-refractivity contribution is -0.123. The molecule has 5 N–H and O–H groups in total. The molecule has 0 rings (SSSR count). The molecule has 0 aliphatic carbocycles. The minimum atomic E-state index is -4.37. The zero-order chi connectivity index (χ0) is 41.1. The van der Waals surface area contributed by atoms with Gasteiger partial charge in [0.2, 0.25) is 5.91 Å². The molecule has 0 spiro atoms. The van der Waals surface area contributed by atoms with Gasteiger partial charge in [-0.25, -0.2) is 4.57 Å². The van der Waals surface area contributed by atoms with Gasteiger partial charge in [-0.05, 0) is 83.5 Å². The predicted molar refractivity (Wildman–Crippen MR) is 239 cm³/mol. The van der Waals surface area contributed by atoms with E-state index >= 15 is 0 Å². The van der Waals surface area contributed by atoms with Crippen molar-refractivity contribution in [2.75, 3.05) is 19.8 Å². The maximum atomic E-state index is 12.7. The van der Waals surface area contributed by atoms with Crippen LogP contribution >= 0.6 is 7.82 Å². The number of carbonyl (C=O) groups excluding carboxylic acids is 1. The highest BCUT2D eigenvalue weighted by Crippen LogP contribution is 2.43. The number of aliphatic hydroxyl groups is 1. The minimum absolute atomic E-state index is 0.0612. The molecule has 3 unspecified atom stereocenters. The molecule has 0 aromatic carbocycles. The Hall–Kier alpha value is -2.58. The Morgan fingerprint density at radius 1 is 0.607 bits per heavy atom. The zero-order valence-electron chi connectivity index (χ0n) is 35.3. The molecule has 0 fully saturated rings. The van der Waals surface area contributed by atoms with Gasteiger partial charge in [0.05, 0.1) is 25.4 Å². The number of rotatable bonds is 39. The number of unbranched alkanes of at least 4 members (excludes halogenated alkanes) is 13. The topological polar surface area (TPSA) is 131 Å². The zero-order valence-corrected chi connectivity index (χ0v) is 36.2. The fourth-order valence-electron chi connectivity index (χ4n) is 5.62. The molecule has 0 aliphatic heterocycles. The second-order valence-electron chi connectivity index (χ2n) is 14.2. The smallest absolute Gasteiger partial charge is 0.387 e. The van der Waals surface area contributed by atoms with E-state index in [0.29, 0.717) is 6.42 Å². The standard InChI is InChI=1S/C47H81N2O6P/c1-3-5-7-9-11-13-15-17-19-21-22-23-24-25-27-29-31-33-35-37-39-41-47(51)49-45(44-55-56(52,53)54-43-42-48)46(50)40-38-36-34-32-30-28-26-20-18-16-14-12-10-8-6-4-2/h5,7,11,13,17,19,22-23,25,27,30-33,38,40,45-46,50H,3-4,6,8-10,12,14-16,18,20-21,24,26,28-29,34-37,39,41-44,48H2,1-2H3,(H,49,51)(H,52,53)/b7-5-,13-11-,19-17-,23-22-,27-25-,32-30+,33-31-,40-38+. The molecule has 320 valence electrons. The van der Waals surface area contributed by atoms with E-state index in [1.165, 1.54) is 64.2 Å². The van der Waals surface area contributed by atoms with Gasteiger partial charge in [0.1, 0.15) is 0 Å². The van der Waals surface area contributed by atoms with E-state index < -0.39 is 20.0 Å². The van der Waals surface area contributed by atoms with Gasteiger partial charge < -0.3 is 21.1 Å². The summed E-state index contributed by atoms with van der Waals surface area (Å²) in [6.45, 7) is 3.94. The third-order valence-electron chi connectivity index (χ3n) is 8.89. The van der Waals surface area contributed by atoms with Crippen molar-refractivity contribution in [2.24, 2.45) is 5.73 Å². The first-order valence-electron chi connectivity index (χ1n) is 21.9. The molecule has 0 radical (unpaired) electrons. The summed E-state index contributed by atoms with van der Waals surface area (Å²) in [6.07, 6.45) is 57.5. The summed E-state index contributed by atoms with van der Waals surface area (Å²) in [7, 11) is -4.37. The van der Waals surface area contributed by atoms with E-state index in [0.717, 1.165) is 70.6 Å². The molecular formula is C47H81N2O6P. The summed E-state index contributed by atoms with van der Waals surface area (Å²) < 4.78 is 22.1. The molecule has 56 heavy (non-hydrogen) atoms. The number of aliphatic hydroxyl groups excluding tert-OH is 1. The number of hydrogen-bond acceptors (Lipinski definition) is 6. The highest BCUT2D eigenvalue weighted by atomic mass is 31.2. The van der Waals surface area contributed by atoms with Crippen LogP contribution in [0.1, 0.15) is 162 Å². The van der Waals surface area contributed by atoms with Crippen molar-refractivity contribution >= 4 is 13.7 Å². The van der Waals surface area contributed by atoms with Gasteiger partial charge in [-0.15, -0.1) is 0 Å². The molecule has 0 aliphatic rings. The Kier molecular flexibility index (Phi) is 40.1. The van der Waals surface area contributed by atoms with Crippen LogP contribution < -0.4 is 11.1 Å². The third kappa shape index (κ3) is 39.6. The molecule has 0 aromatic rings. The molecule has 0 aromatic heterocycles. The normalized spacial score (nSPS) is 15.0. The molecular weight excluding hydrogens is 719 g/mol. The number of carbonyl (C=O) groups is 1. The average molecular weight is 801 g/mol. The maximum Gasteiger partial charge on any atom is 0.472 e. The lowest BCUT2D eigenvalue weighted by Gasteiger charge is -2.23. The summed E-state index contributed by atoms with van der Waals surface area (Å²) in [5.74, 6) is -0.251. The van der Waals surface area contributed by atoms with Crippen LogP contribution in [0.4, 0.5) is 0 Å². The first-order valence-corrected chi connectivity index (χ1v) is 23.4. The molecule has 9 heteroatoms.